The summed E-state index contributed by atoms with van der Waals surface area (Å²) in [5, 5.41) is 0. The molecule has 0 aliphatic heterocycles. The molecule has 0 aromatic heterocycles. The normalized spacial score (nSPS) is 15.6. The van der Waals surface area contributed by atoms with Crippen LogP contribution in [0, 0.1) is 11.3 Å². The Morgan fingerprint density at radius 3 is 2.32 bits per heavy atom. The van der Waals surface area contributed by atoms with Gasteiger partial charge in [-0.15, -0.1) is 0 Å². The summed E-state index contributed by atoms with van der Waals surface area (Å²) in [7, 11) is 1.74. The van der Waals surface area contributed by atoms with Crippen molar-refractivity contribution < 1.29 is 4.74 Å². The molecule has 0 spiro atoms. The fourth-order valence-electron chi connectivity index (χ4n) is 2.61. The van der Waals surface area contributed by atoms with Crippen LogP contribution in [0.4, 0.5) is 0 Å². The summed E-state index contributed by atoms with van der Waals surface area (Å²) >= 11 is 0. The van der Waals surface area contributed by atoms with Crippen LogP contribution in [0.25, 0.3) is 0 Å². The molecule has 19 heavy (non-hydrogen) atoms. The average Bonchev–Trinajstić information content (AvgIpc) is 2.27. The molecule has 2 heteroatoms. The summed E-state index contributed by atoms with van der Waals surface area (Å²) in [6.45, 7) is 11.0. The molecule has 0 fully saturated rings. The molecule has 0 aliphatic rings. The van der Waals surface area contributed by atoms with Crippen molar-refractivity contribution in [2.24, 2.45) is 17.1 Å². The Labute approximate surface area is 118 Å². The van der Waals surface area contributed by atoms with Gasteiger partial charge < -0.3 is 10.5 Å². The Balaban J connectivity index is 2.95. The average molecular weight is 263 g/mol. The number of hydrogen-bond acceptors (Lipinski definition) is 2. The lowest BCUT2D eigenvalue weighted by molar-refractivity contribution is -0.00244. The summed E-state index contributed by atoms with van der Waals surface area (Å²) in [5.74, 6) is 0.660. The van der Waals surface area contributed by atoms with Crippen molar-refractivity contribution in [1.29, 1.82) is 0 Å². The number of ether oxygens (including phenoxy) is 1. The molecule has 0 radical (unpaired) electrons. The van der Waals surface area contributed by atoms with Crippen LogP contribution < -0.4 is 5.73 Å². The van der Waals surface area contributed by atoms with E-state index in [1.807, 2.05) is 0 Å². The lowest BCUT2D eigenvalue weighted by Crippen LogP contribution is -2.38. The van der Waals surface area contributed by atoms with Gasteiger partial charge in [0.25, 0.3) is 0 Å². The van der Waals surface area contributed by atoms with Gasteiger partial charge >= 0.3 is 0 Å². The van der Waals surface area contributed by atoms with Crippen LogP contribution in [0.2, 0.25) is 0 Å². The molecular formula is C17H29NO. The maximum atomic E-state index is 6.41. The van der Waals surface area contributed by atoms with E-state index in [1.165, 1.54) is 11.1 Å². The van der Waals surface area contributed by atoms with Gasteiger partial charge in [0.2, 0.25) is 0 Å². The second kappa shape index (κ2) is 6.53. The molecule has 0 amide bonds. The molecule has 2 nitrogen and oxygen atoms in total. The van der Waals surface area contributed by atoms with Gasteiger partial charge in [-0.1, -0.05) is 58.9 Å². The van der Waals surface area contributed by atoms with Crippen molar-refractivity contribution in [2.45, 2.75) is 53.2 Å². The van der Waals surface area contributed by atoms with E-state index in [4.69, 9.17) is 10.5 Å². The van der Waals surface area contributed by atoms with Gasteiger partial charge in [0, 0.05) is 7.11 Å². The molecule has 2 N–H and O–H groups in total. The van der Waals surface area contributed by atoms with Crippen molar-refractivity contribution in [3.05, 3.63) is 35.4 Å². The molecule has 2 atom stereocenters. The Kier molecular flexibility index (Phi) is 5.57. The van der Waals surface area contributed by atoms with Crippen LogP contribution in [0.3, 0.4) is 0 Å². The molecule has 0 bridgehead atoms. The maximum absolute atomic E-state index is 6.41. The highest BCUT2D eigenvalue weighted by atomic mass is 16.5. The lowest BCUT2D eigenvalue weighted by atomic mass is 9.82. The molecule has 0 heterocycles. The maximum Gasteiger partial charge on any atom is 0.0811 e. The Morgan fingerprint density at radius 2 is 1.84 bits per heavy atom. The fraction of sp³-hybridized carbons (Fsp3) is 0.647. The first-order valence-corrected chi connectivity index (χ1v) is 7.13. The van der Waals surface area contributed by atoms with Gasteiger partial charge in [0.05, 0.1) is 12.1 Å². The third-order valence-electron chi connectivity index (χ3n) is 3.41. The van der Waals surface area contributed by atoms with Gasteiger partial charge in [-0.25, -0.2) is 0 Å². The lowest BCUT2D eigenvalue weighted by Gasteiger charge is -2.34. The zero-order valence-electron chi connectivity index (χ0n) is 13.2. The molecule has 0 saturated heterocycles. The number of rotatable bonds is 5. The molecule has 0 aliphatic carbocycles. The predicted molar refractivity (Wildman–Crippen MR) is 82.2 cm³/mol. The summed E-state index contributed by atoms with van der Waals surface area (Å²) in [4.78, 5) is 0. The fourth-order valence-corrected chi connectivity index (χ4v) is 2.61. The first kappa shape index (κ1) is 16.2. The van der Waals surface area contributed by atoms with E-state index >= 15 is 0 Å². The van der Waals surface area contributed by atoms with Gasteiger partial charge in [0.1, 0.15) is 0 Å². The van der Waals surface area contributed by atoms with E-state index in [9.17, 15) is 0 Å². The Morgan fingerprint density at radius 1 is 1.21 bits per heavy atom. The number of hydrogen-bond donors (Lipinski definition) is 1. The minimum atomic E-state index is -0.0860. The van der Waals surface area contributed by atoms with Gasteiger partial charge in [-0.3, -0.25) is 0 Å². The van der Waals surface area contributed by atoms with Crippen LogP contribution in [-0.2, 0) is 11.2 Å². The number of methoxy groups -OCH3 is 1. The van der Waals surface area contributed by atoms with Gasteiger partial charge in [0.15, 0.2) is 0 Å². The van der Waals surface area contributed by atoms with E-state index in [0.717, 1.165) is 6.42 Å². The molecular weight excluding hydrogens is 234 g/mol. The minimum absolute atomic E-state index is 0.0156. The Bertz CT molecular complexity index is 392. The van der Waals surface area contributed by atoms with E-state index in [0.29, 0.717) is 5.92 Å². The number of nitrogens with two attached hydrogens (primary N) is 1. The van der Waals surface area contributed by atoms with Gasteiger partial charge in [-0.2, -0.15) is 0 Å². The summed E-state index contributed by atoms with van der Waals surface area (Å²) in [6, 6.07) is 8.52. The highest BCUT2D eigenvalue weighted by molar-refractivity contribution is 5.27. The largest absolute Gasteiger partial charge is 0.379 e. The van der Waals surface area contributed by atoms with E-state index in [2.05, 4.69) is 58.9 Å². The van der Waals surface area contributed by atoms with Crippen molar-refractivity contribution >= 4 is 0 Å². The van der Waals surface area contributed by atoms with E-state index in [1.54, 1.807) is 7.11 Å². The number of benzene rings is 1. The zero-order valence-corrected chi connectivity index (χ0v) is 13.2. The van der Waals surface area contributed by atoms with Crippen LogP contribution in [0.1, 0.15) is 51.8 Å². The summed E-state index contributed by atoms with van der Waals surface area (Å²) in [5.41, 5.74) is 8.96. The minimum Gasteiger partial charge on any atom is -0.379 e. The third-order valence-corrected chi connectivity index (χ3v) is 3.41. The van der Waals surface area contributed by atoms with E-state index in [-0.39, 0.29) is 17.6 Å². The van der Waals surface area contributed by atoms with Gasteiger partial charge in [-0.05, 0) is 28.9 Å². The topological polar surface area (TPSA) is 35.2 Å². The second-order valence-electron chi connectivity index (χ2n) is 6.89. The predicted octanol–water partition coefficient (Wildman–Crippen LogP) is 3.95. The first-order valence-electron chi connectivity index (χ1n) is 7.13. The highest BCUT2D eigenvalue weighted by Gasteiger charge is 2.31. The molecule has 108 valence electrons. The summed E-state index contributed by atoms with van der Waals surface area (Å²) in [6.07, 6.45) is 1.11. The van der Waals surface area contributed by atoms with Crippen LogP contribution in [0.15, 0.2) is 24.3 Å². The van der Waals surface area contributed by atoms with Crippen LogP contribution in [-0.4, -0.2) is 13.2 Å². The SMILES string of the molecule is COC(C(N)c1cccc(CC(C)C)c1)C(C)(C)C. The second-order valence-corrected chi connectivity index (χ2v) is 6.89. The zero-order chi connectivity index (χ0) is 14.6. The molecule has 0 saturated carbocycles. The summed E-state index contributed by atoms with van der Waals surface area (Å²) < 4.78 is 5.63. The monoisotopic (exact) mass is 263 g/mol. The smallest absolute Gasteiger partial charge is 0.0811 e. The Hall–Kier alpha value is -0.860. The van der Waals surface area contributed by atoms with Crippen molar-refractivity contribution in [3.63, 3.8) is 0 Å². The molecule has 1 aromatic rings. The van der Waals surface area contributed by atoms with Crippen LogP contribution >= 0.6 is 0 Å². The standard InChI is InChI=1S/C17H29NO/c1-12(2)10-13-8-7-9-14(11-13)15(18)16(19-6)17(3,4)5/h7-9,11-12,15-16H,10,18H2,1-6H3. The molecule has 2 unspecified atom stereocenters. The molecule has 1 aromatic carbocycles. The van der Waals surface area contributed by atoms with E-state index < -0.39 is 0 Å². The first-order chi connectivity index (χ1) is 8.75. The third kappa shape index (κ3) is 4.63. The van der Waals surface area contributed by atoms with Crippen molar-refractivity contribution in [1.82, 2.24) is 0 Å². The quantitative estimate of drug-likeness (QED) is 0.873. The van der Waals surface area contributed by atoms with Crippen molar-refractivity contribution in [3.8, 4) is 0 Å². The van der Waals surface area contributed by atoms with Crippen LogP contribution in [0.5, 0.6) is 0 Å². The van der Waals surface area contributed by atoms with Crippen molar-refractivity contribution in [2.75, 3.05) is 7.11 Å². The highest BCUT2D eigenvalue weighted by Crippen LogP contribution is 2.31. The molecule has 1 rings (SSSR count).